The monoisotopic (exact) mass is 318 g/mol. The standard InChI is InChI=1S/C20H18N2O2/c1-13(2)12-22-17-11-18-15(8-9-24-18)10-16(17)19(21-20(22)23)14-6-4-3-5-7-14/h3-7,10-11H,1,8-9,12H2,2H3. The second-order valence-corrected chi connectivity index (χ2v) is 6.23. The molecule has 1 aliphatic rings. The molecular formula is C20H18N2O2. The summed E-state index contributed by atoms with van der Waals surface area (Å²) < 4.78 is 7.37. The molecule has 4 nitrogen and oxygen atoms in total. The van der Waals surface area contributed by atoms with E-state index in [4.69, 9.17) is 4.74 Å². The average Bonchev–Trinajstić information content (AvgIpc) is 3.03. The van der Waals surface area contributed by atoms with Crippen molar-refractivity contribution >= 4 is 10.9 Å². The van der Waals surface area contributed by atoms with Gasteiger partial charge in [0.15, 0.2) is 0 Å². The first kappa shape index (κ1) is 14.7. The van der Waals surface area contributed by atoms with Crippen LogP contribution < -0.4 is 10.4 Å². The molecule has 2 heterocycles. The van der Waals surface area contributed by atoms with E-state index in [1.807, 2.05) is 43.3 Å². The number of ether oxygens (including phenoxy) is 1. The van der Waals surface area contributed by atoms with Crippen LogP contribution in [0.1, 0.15) is 12.5 Å². The second-order valence-electron chi connectivity index (χ2n) is 6.23. The van der Waals surface area contributed by atoms with E-state index in [-0.39, 0.29) is 5.69 Å². The van der Waals surface area contributed by atoms with Crippen LogP contribution in [0.4, 0.5) is 0 Å². The predicted octanol–water partition coefficient (Wildman–Crippen LogP) is 3.57. The number of allylic oxidation sites excluding steroid dienone is 1. The molecular weight excluding hydrogens is 300 g/mol. The molecule has 2 aromatic carbocycles. The topological polar surface area (TPSA) is 44.1 Å². The van der Waals surface area contributed by atoms with E-state index in [2.05, 4.69) is 17.6 Å². The maximum atomic E-state index is 12.6. The van der Waals surface area contributed by atoms with Gasteiger partial charge in [0.2, 0.25) is 0 Å². The molecule has 0 saturated carbocycles. The molecule has 0 amide bonds. The highest BCUT2D eigenvalue weighted by atomic mass is 16.5. The van der Waals surface area contributed by atoms with Gasteiger partial charge in [-0.2, -0.15) is 4.98 Å². The lowest BCUT2D eigenvalue weighted by molar-refractivity contribution is 0.357. The van der Waals surface area contributed by atoms with Crippen LogP contribution in [-0.2, 0) is 13.0 Å². The average molecular weight is 318 g/mol. The Balaban J connectivity index is 2.08. The molecule has 0 atom stereocenters. The van der Waals surface area contributed by atoms with Gasteiger partial charge in [-0.05, 0) is 18.6 Å². The molecule has 1 aromatic heterocycles. The van der Waals surface area contributed by atoms with Gasteiger partial charge in [0.1, 0.15) is 5.75 Å². The third-order valence-electron chi connectivity index (χ3n) is 4.27. The summed E-state index contributed by atoms with van der Waals surface area (Å²) in [6, 6.07) is 13.9. The zero-order valence-electron chi connectivity index (χ0n) is 13.6. The lowest BCUT2D eigenvalue weighted by atomic mass is 10.0. The first-order chi connectivity index (χ1) is 11.6. The zero-order chi connectivity index (χ0) is 16.7. The number of rotatable bonds is 3. The van der Waals surface area contributed by atoms with E-state index >= 15 is 0 Å². The molecule has 3 aromatic rings. The number of fused-ring (bicyclic) bond motifs is 2. The Bertz CT molecular complexity index is 1000. The van der Waals surface area contributed by atoms with Crippen LogP contribution >= 0.6 is 0 Å². The van der Waals surface area contributed by atoms with Gasteiger partial charge < -0.3 is 4.74 Å². The van der Waals surface area contributed by atoms with Crippen LogP contribution in [0.15, 0.2) is 59.4 Å². The van der Waals surface area contributed by atoms with Crippen molar-refractivity contribution in [3.8, 4) is 17.0 Å². The largest absolute Gasteiger partial charge is 0.493 e. The summed E-state index contributed by atoms with van der Waals surface area (Å²) in [7, 11) is 0. The van der Waals surface area contributed by atoms with Crippen LogP contribution in [0, 0.1) is 0 Å². The maximum Gasteiger partial charge on any atom is 0.348 e. The lowest BCUT2D eigenvalue weighted by Gasteiger charge is -2.14. The molecule has 24 heavy (non-hydrogen) atoms. The van der Waals surface area contributed by atoms with Gasteiger partial charge >= 0.3 is 5.69 Å². The van der Waals surface area contributed by atoms with Crippen molar-refractivity contribution in [2.75, 3.05) is 6.61 Å². The van der Waals surface area contributed by atoms with Gasteiger partial charge in [0.05, 0.1) is 17.8 Å². The van der Waals surface area contributed by atoms with Crippen molar-refractivity contribution in [1.29, 1.82) is 0 Å². The highest BCUT2D eigenvalue weighted by Gasteiger charge is 2.18. The van der Waals surface area contributed by atoms with Crippen molar-refractivity contribution in [1.82, 2.24) is 9.55 Å². The van der Waals surface area contributed by atoms with E-state index in [1.165, 1.54) is 5.56 Å². The number of aromatic nitrogens is 2. The minimum atomic E-state index is -0.262. The second kappa shape index (κ2) is 5.64. The van der Waals surface area contributed by atoms with Crippen molar-refractivity contribution < 1.29 is 4.74 Å². The third kappa shape index (κ3) is 2.40. The fourth-order valence-electron chi connectivity index (χ4n) is 3.19. The lowest BCUT2D eigenvalue weighted by Crippen LogP contribution is -2.24. The predicted molar refractivity (Wildman–Crippen MR) is 95.5 cm³/mol. The van der Waals surface area contributed by atoms with Gasteiger partial charge in [0.25, 0.3) is 0 Å². The SMILES string of the molecule is C=C(C)Cn1c(=O)nc(-c2ccccc2)c2cc3c(cc21)OCC3. The quantitative estimate of drug-likeness (QED) is 0.693. The Kier molecular flexibility index (Phi) is 3.45. The smallest absolute Gasteiger partial charge is 0.348 e. The first-order valence-corrected chi connectivity index (χ1v) is 8.03. The molecule has 0 aliphatic carbocycles. The van der Waals surface area contributed by atoms with Gasteiger partial charge in [-0.25, -0.2) is 4.79 Å². The summed E-state index contributed by atoms with van der Waals surface area (Å²) in [5.74, 6) is 0.863. The van der Waals surface area contributed by atoms with E-state index in [9.17, 15) is 4.79 Å². The molecule has 0 N–H and O–H groups in total. The summed E-state index contributed by atoms with van der Waals surface area (Å²) in [5, 5.41) is 0.978. The highest BCUT2D eigenvalue weighted by Crippen LogP contribution is 2.34. The maximum absolute atomic E-state index is 12.6. The first-order valence-electron chi connectivity index (χ1n) is 8.03. The Morgan fingerprint density at radius 2 is 2.08 bits per heavy atom. The van der Waals surface area contributed by atoms with Gasteiger partial charge in [-0.1, -0.05) is 42.5 Å². The molecule has 0 fully saturated rings. The summed E-state index contributed by atoms with van der Waals surface area (Å²) in [4.78, 5) is 17.0. The molecule has 0 radical (unpaired) electrons. The zero-order valence-corrected chi connectivity index (χ0v) is 13.6. The Hall–Kier alpha value is -2.88. The van der Waals surface area contributed by atoms with Gasteiger partial charge in [-0.3, -0.25) is 4.57 Å². The van der Waals surface area contributed by atoms with Crippen LogP contribution in [0.2, 0.25) is 0 Å². The minimum absolute atomic E-state index is 0.262. The Morgan fingerprint density at radius 1 is 1.29 bits per heavy atom. The molecule has 0 saturated heterocycles. The van der Waals surface area contributed by atoms with Gasteiger partial charge in [-0.15, -0.1) is 0 Å². The van der Waals surface area contributed by atoms with Crippen molar-refractivity contribution in [2.24, 2.45) is 0 Å². The third-order valence-corrected chi connectivity index (χ3v) is 4.27. The van der Waals surface area contributed by atoms with Gasteiger partial charge in [0, 0.05) is 30.0 Å². The Morgan fingerprint density at radius 3 is 2.83 bits per heavy atom. The van der Waals surface area contributed by atoms with E-state index in [1.54, 1.807) is 4.57 Å². The fraction of sp³-hybridized carbons (Fsp3) is 0.200. The molecule has 120 valence electrons. The molecule has 0 bridgehead atoms. The van der Waals surface area contributed by atoms with E-state index in [0.717, 1.165) is 39.9 Å². The van der Waals surface area contributed by atoms with Crippen molar-refractivity contribution in [2.45, 2.75) is 19.9 Å². The summed E-state index contributed by atoms with van der Waals surface area (Å²) in [6.45, 7) is 6.98. The molecule has 0 spiro atoms. The number of benzene rings is 2. The molecule has 0 unspecified atom stereocenters. The molecule has 4 rings (SSSR count). The van der Waals surface area contributed by atoms with Crippen molar-refractivity contribution in [3.05, 3.63) is 70.7 Å². The summed E-state index contributed by atoms with van der Waals surface area (Å²) in [5.41, 5.74) is 4.33. The highest BCUT2D eigenvalue weighted by molar-refractivity contribution is 5.94. The molecule has 1 aliphatic heterocycles. The number of nitrogens with zero attached hydrogens (tertiary/aromatic N) is 2. The normalized spacial score (nSPS) is 12.9. The van der Waals surface area contributed by atoms with E-state index < -0.39 is 0 Å². The fourth-order valence-corrected chi connectivity index (χ4v) is 3.19. The van der Waals surface area contributed by atoms with Crippen LogP contribution in [0.25, 0.3) is 22.2 Å². The molecule has 4 heteroatoms. The van der Waals surface area contributed by atoms with Crippen molar-refractivity contribution in [3.63, 3.8) is 0 Å². The number of hydrogen-bond acceptors (Lipinski definition) is 3. The van der Waals surface area contributed by atoms with Crippen LogP contribution in [0.3, 0.4) is 0 Å². The minimum Gasteiger partial charge on any atom is -0.493 e. The Labute approximate surface area is 140 Å². The number of hydrogen-bond donors (Lipinski definition) is 0. The summed E-state index contributed by atoms with van der Waals surface area (Å²) in [6.07, 6.45) is 0.888. The van der Waals surface area contributed by atoms with Crippen LogP contribution in [0.5, 0.6) is 5.75 Å². The summed E-state index contributed by atoms with van der Waals surface area (Å²) >= 11 is 0. The van der Waals surface area contributed by atoms with Crippen LogP contribution in [-0.4, -0.2) is 16.2 Å². The van der Waals surface area contributed by atoms with E-state index in [0.29, 0.717) is 13.2 Å².